The highest BCUT2D eigenvalue weighted by Crippen LogP contribution is 2.33. The third-order valence-corrected chi connectivity index (χ3v) is 3.42. The number of hydrogen-bond acceptors (Lipinski definition) is 5. The average Bonchev–Trinajstić information content (AvgIpc) is 2.52. The molecule has 2 unspecified atom stereocenters. The van der Waals surface area contributed by atoms with E-state index in [0.29, 0.717) is 11.4 Å². The van der Waals surface area contributed by atoms with Crippen LogP contribution in [0.4, 0.5) is 5.69 Å². The van der Waals surface area contributed by atoms with Gasteiger partial charge in [0.25, 0.3) is 5.91 Å². The van der Waals surface area contributed by atoms with Crippen LogP contribution in [0.15, 0.2) is 24.3 Å². The van der Waals surface area contributed by atoms with Crippen LogP contribution in [0.25, 0.3) is 0 Å². The number of methoxy groups -OCH3 is 1. The summed E-state index contributed by atoms with van der Waals surface area (Å²) in [6.45, 7) is 1.20. The molecule has 0 fully saturated rings. The van der Waals surface area contributed by atoms with Crippen molar-refractivity contribution in [3.05, 3.63) is 24.3 Å². The van der Waals surface area contributed by atoms with Crippen molar-refractivity contribution in [2.45, 2.75) is 19.1 Å². The largest absolute Gasteiger partial charge is 0.479 e. The Morgan fingerprint density at radius 2 is 2.13 bits per heavy atom. The predicted octanol–water partition coefficient (Wildman–Crippen LogP) is 0.0163. The number of nitrogens with zero attached hydrogens (tertiary/aromatic N) is 1. The zero-order chi connectivity index (χ0) is 17.0. The molecular formula is C15H18N2O6. The summed E-state index contributed by atoms with van der Waals surface area (Å²) in [7, 11) is 1.24. The number of rotatable bonds is 6. The van der Waals surface area contributed by atoms with Crippen LogP contribution in [0.1, 0.15) is 6.92 Å². The zero-order valence-electron chi connectivity index (χ0n) is 12.8. The number of para-hydroxylation sites is 2. The van der Waals surface area contributed by atoms with E-state index in [2.05, 4.69) is 5.32 Å². The molecule has 0 bridgehead atoms. The molecule has 0 radical (unpaired) electrons. The van der Waals surface area contributed by atoms with E-state index >= 15 is 0 Å². The van der Waals surface area contributed by atoms with Gasteiger partial charge in [-0.3, -0.25) is 14.5 Å². The molecule has 23 heavy (non-hydrogen) atoms. The summed E-state index contributed by atoms with van der Waals surface area (Å²) in [6.07, 6.45) is -1.83. The van der Waals surface area contributed by atoms with Gasteiger partial charge in [0, 0.05) is 7.11 Å². The monoisotopic (exact) mass is 322 g/mol. The van der Waals surface area contributed by atoms with E-state index < -0.39 is 24.1 Å². The first-order valence-corrected chi connectivity index (χ1v) is 7.03. The van der Waals surface area contributed by atoms with Gasteiger partial charge >= 0.3 is 5.97 Å². The van der Waals surface area contributed by atoms with E-state index in [9.17, 15) is 14.4 Å². The van der Waals surface area contributed by atoms with Gasteiger partial charge < -0.3 is 19.9 Å². The summed E-state index contributed by atoms with van der Waals surface area (Å²) in [5.74, 6) is -1.46. The van der Waals surface area contributed by atoms with Gasteiger partial charge in [-0.05, 0) is 19.1 Å². The van der Waals surface area contributed by atoms with Gasteiger partial charge in [0.05, 0.1) is 12.2 Å². The van der Waals surface area contributed by atoms with Gasteiger partial charge in [-0.2, -0.15) is 0 Å². The van der Waals surface area contributed by atoms with Crippen LogP contribution in [0.3, 0.4) is 0 Å². The smallest absolute Gasteiger partial charge is 0.334 e. The van der Waals surface area contributed by atoms with E-state index in [1.807, 2.05) is 0 Å². The Balaban J connectivity index is 2.05. The highest BCUT2D eigenvalue weighted by molar-refractivity contribution is 6.03. The number of nitrogens with one attached hydrogen (secondary N) is 1. The minimum atomic E-state index is -1.17. The topological polar surface area (TPSA) is 105 Å². The van der Waals surface area contributed by atoms with Crippen LogP contribution in [0.5, 0.6) is 5.75 Å². The first kappa shape index (κ1) is 16.8. The standard InChI is InChI=1S/C15H18N2O6/c1-9-14(19)17(10-5-3-4-6-11(10)23-9)8-13(18)16-7-12(22-2)15(20)21/h3-6,9,12H,7-8H2,1-2H3,(H,16,18)(H,20,21). The first-order valence-electron chi connectivity index (χ1n) is 7.03. The number of hydrogen-bond donors (Lipinski definition) is 2. The molecule has 0 spiro atoms. The Bertz CT molecular complexity index is 618. The van der Waals surface area contributed by atoms with Gasteiger partial charge in [0.15, 0.2) is 12.2 Å². The fourth-order valence-corrected chi connectivity index (χ4v) is 2.20. The summed E-state index contributed by atoms with van der Waals surface area (Å²) < 4.78 is 10.2. The van der Waals surface area contributed by atoms with Gasteiger partial charge in [0.1, 0.15) is 12.3 Å². The van der Waals surface area contributed by atoms with Crippen molar-refractivity contribution in [1.82, 2.24) is 5.32 Å². The van der Waals surface area contributed by atoms with E-state index in [1.54, 1.807) is 31.2 Å². The summed E-state index contributed by atoms with van der Waals surface area (Å²) >= 11 is 0. The zero-order valence-corrected chi connectivity index (χ0v) is 12.8. The number of anilines is 1. The quantitative estimate of drug-likeness (QED) is 0.765. The molecule has 1 aromatic carbocycles. The fourth-order valence-electron chi connectivity index (χ4n) is 2.20. The number of amides is 2. The van der Waals surface area contributed by atoms with Crippen LogP contribution in [-0.2, 0) is 19.1 Å². The molecule has 2 rings (SSSR count). The first-order chi connectivity index (χ1) is 10.9. The molecule has 2 amide bonds. The van der Waals surface area contributed by atoms with Crippen molar-refractivity contribution in [3.63, 3.8) is 0 Å². The maximum absolute atomic E-state index is 12.2. The van der Waals surface area contributed by atoms with E-state index in [-0.39, 0.29) is 19.0 Å². The summed E-state index contributed by atoms with van der Waals surface area (Å²) in [4.78, 5) is 36.4. The van der Waals surface area contributed by atoms with Gasteiger partial charge in [-0.15, -0.1) is 0 Å². The molecule has 1 heterocycles. The maximum Gasteiger partial charge on any atom is 0.334 e. The Labute approximate surface area is 133 Å². The maximum atomic E-state index is 12.2. The number of aliphatic carboxylic acids is 1. The summed E-state index contributed by atoms with van der Waals surface area (Å²) in [6, 6.07) is 6.91. The third-order valence-electron chi connectivity index (χ3n) is 3.42. The molecule has 1 aromatic rings. The second kappa shape index (κ2) is 7.10. The molecule has 0 aliphatic carbocycles. The molecular weight excluding hydrogens is 304 g/mol. The molecule has 2 N–H and O–H groups in total. The van der Waals surface area contributed by atoms with E-state index in [4.69, 9.17) is 14.6 Å². The number of fused-ring (bicyclic) bond motifs is 1. The molecule has 8 heteroatoms. The molecule has 1 aliphatic rings. The number of ether oxygens (including phenoxy) is 2. The average molecular weight is 322 g/mol. The van der Waals surface area contributed by atoms with Crippen molar-refractivity contribution in [1.29, 1.82) is 0 Å². The molecule has 0 aromatic heterocycles. The van der Waals surface area contributed by atoms with Gasteiger partial charge in [0.2, 0.25) is 5.91 Å². The molecule has 124 valence electrons. The number of benzene rings is 1. The van der Waals surface area contributed by atoms with Crippen LogP contribution in [0, 0.1) is 0 Å². The lowest BCUT2D eigenvalue weighted by molar-refractivity contribution is -0.148. The fraction of sp³-hybridized carbons (Fsp3) is 0.400. The van der Waals surface area contributed by atoms with Crippen LogP contribution >= 0.6 is 0 Å². The van der Waals surface area contributed by atoms with Crippen molar-refractivity contribution >= 4 is 23.5 Å². The Morgan fingerprint density at radius 3 is 2.78 bits per heavy atom. The van der Waals surface area contributed by atoms with Crippen molar-refractivity contribution in [2.75, 3.05) is 25.1 Å². The van der Waals surface area contributed by atoms with E-state index in [1.165, 1.54) is 12.0 Å². The molecule has 0 saturated carbocycles. The Kier molecular flexibility index (Phi) is 5.17. The number of carboxylic acids is 1. The number of carbonyl (C=O) groups excluding carboxylic acids is 2. The van der Waals surface area contributed by atoms with Gasteiger partial charge in [-0.1, -0.05) is 12.1 Å². The summed E-state index contributed by atoms with van der Waals surface area (Å²) in [5.41, 5.74) is 0.507. The van der Waals surface area contributed by atoms with E-state index in [0.717, 1.165) is 0 Å². The lowest BCUT2D eigenvalue weighted by Gasteiger charge is -2.32. The van der Waals surface area contributed by atoms with Crippen molar-refractivity contribution in [3.8, 4) is 5.75 Å². The minimum Gasteiger partial charge on any atom is -0.479 e. The third kappa shape index (κ3) is 3.78. The lowest BCUT2D eigenvalue weighted by Crippen LogP contribution is -2.50. The summed E-state index contributed by atoms with van der Waals surface area (Å²) in [5, 5.41) is 11.3. The van der Waals surface area contributed by atoms with Crippen LogP contribution in [-0.4, -0.2) is 55.3 Å². The molecule has 2 atom stereocenters. The van der Waals surface area contributed by atoms with Gasteiger partial charge in [-0.25, -0.2) is 4.79 Å². The Morgan fingerprint density at radius 1 is 1.43 bits per heavy atom. The minimum absolute atomic E-state index is 0.180. The molecule has 1 aliphatic heterocycles. The van der Waals surface area contributed by atoms with Crippen LogP contribution < -0.4 is 15.0 Å². The normalized spacial score (nSPS) is 17.9. The highest BCUT2D eigenvalue weighted by atomic mass is 16.5. The highest BCUT2D eigenvalue weighted by Gasteiger charge is 2.32. The lowest BCUT2D eigenvalue weighted by atomic mass is 10.2. The second-order valence-electron chi connectivity index (χ2n) is 5.02. The van der Waals surface area contributed by atoms with Crippen LogP contribution in [0.2, 0.25) is 0 Å². The number of carbonyl (C=O) groups is 3. The Hall–Kier alpha value is -2.61. The number of carboxylic acid groups (broad SMARTS) is 1. The second-order valence-corrected chi connectivity index (χ2v) is 5.02. The SMILES string of the molecule is COC(CNC(=O)CN1C(=O)C(C)Oc2ccccc21)C(=O)O. The molecule has 0 saturated heterocycles. The molecule has 8 nitrogen and oxygen atoms in total. The van der Waals surface area contributed by atoms with Crippen molar-refractivity contribution < 1.29 is 29.0 Å². The van der Waals surface area contributed by atoms with Crippen molar-refractivity contribution in [2.24, 2.45) is 0 Å². The predicted molar refractivity (Wildman–Crippen MR) is 80.3 cm³/mol.